The van der Waals surface area contributed by atoms with Gasteiger partial charge in [0.05, 0.1) is 0 Å². The van der Waals surface area contributed by atoms with Gasteiger partial charge in [-0.05, 0) is 36.3 Å². The molecule has 0 saturated heterocycles. The molecule has 0 aromatic heterocycles. The molecule has 0 heterocycles. The largest absolute Gasteiger partial charge is 0.365 e. The van der Waals surface area contributed by atoms with Crippen LogP contribution in [0.15, 0.2) is 24.3 Å². The van der Waals surface area contributed by atoms with Crippen LogP contribution in [-0.4, -0.2) is 19.2 Å². The molecule has 0 aliphatic carbocycles. The summed E-state index contributed by atoms with van der Waals surface area (Å²) in [5.74, 6) is 0. The maximum Gasteiger partial charge on any atom is 0.172 e. The lowest BCUT2D eigenvalue weighted by Crippen LogP contribution is -2.34. The highest BCUT2D eigenvalue weighted by atomic mass is 32.1. The van der Waals surface area contributed by atoms with Crippen molar-refractivity contribution < 1.29 is 0 Å². The second-order valence-electron chi connectivity index (χ2n) is 3.13. The van der Waals surface area contributed by atoms with E-state index >= 15 is 0 Å². The van der Waals surface area contributed by atoms with E-state index in [2.05, 4.69) is 36.5 Å². The van der Waals surface area contributed by atoms with Gasteiger partial charge in [-0.25, -0.2) is 0 Å². The Kier molecular flexibility index (Phi) is 3.89. The van der Waals surface area contributed by atoms with E-state index in [0.29, 0.717) is 0 Å². The number of rotatable bonds is 2. The number of hydrogen-bond donors (Lipinski definition) is 1. The van der Waals surface area contributed by atoms with E-state index in [1.807, 2.05) is 19.0 Å². The molecule has 0 unspecified atom stereocenters. The van der Waals surface area contributed by atoms with Crippen molar-refractivity contribution in [2.45, 2.75) is 13.3 Å². The van der Waals surface area contributed by atoms with Crippen LogP contribution in [0.25, 0.3) is 0 Å². The average Bonchev–Trinajstić information content (AvgIpc) is 2.27. The molecule has 2 nitrogen and oxygen atoms in total. The number of nitrogens with zero attached hydrogens (tertiary/aromatic N) is 1. The summed E-state index contributed by atoms with van der Waals surface area (Å²) in [5.41, 5.74) is 2.46. The third kappa shape index (κ3) is 2.45. The average molecular weight is 208 g/mol. The van der Waals surface area contributed by atoms with Crippen LogP contribution in [0.3, 0.4) is 0 Å². The Bertz CT molecular complexity index is 306. The standard InChI is InChI=1S/C11H16N2S/c1-4-9-5-7-10(8-6-9)13(3)11(14)12-2/h5-8H,4H2,1-3H3,(H,12,14). The molecular weight excluding hydrogens is 192 g/mol. The molecular formula is C11H16N2S. The molecule has 3 heteroatoms. The van der Waals surface area contributed by atoms with Crippen LogP contribution in [0.2, 0.25) is 0 Å². The van der Waals surface area contributed by atoms with E-state index < -0.39 is 0 Å². The Morgan fingerprint density at radius 3 is 2.36 bits per heavy atom. The van der Waals surface area contributed by atoms with Crippen molar-refractivity contribution in [2.75, 3.05) is 19.0 Å². The molecule has 1 rings (SSSR count). The van der Waals surface area contributed by atoms with Crippen molar-refractivity contribution in [1.29, 1.82) is 0 Å². The number of aryl methyl sites for hydroxylation is 1. The molecule has 0 bridgehead atoms. The number of anilines is 1. The van der Waals surface area contributed by atoms with Gasteiger partial charge in [0.15, 0.2) is 5.11 Å². The van der Waals surface area contributed by atoms with Gasteiger partial charge in [-0.15, -0.1) is 0 Å². The normalized spacial score (nSPS) is 9.64. The predicted molar refractivity (Wildman–Crippen MR) is 65.9 cm³/mol. The molecule has 0 amide bonds. The van der Waals surface area contributed by atoms with Gasteiger partial charge in [0, 0.05) is 19.8 Å². The minimum atomic E-state index is 0.731. The minimum absolute atomic E-state index is 0.731. The second-order valence-corrected chi connectivity index (χ2v) is 3.52. The maximum absolute atomic E-state index is 5.14. The Hall–Kier alpha value is -1.09. The van der Waals surface area contributed by atoms with Crippen LogP contribution in [0.1, 0.15) is 12.5 Å². The first kappa shape index (κ1) is 11.0. The lowest BCUT2D eigenvalue weighted by molar-refractivity contribution is 1.11. The smallest absolute Gasteiger partial charge is 0.172 e. The lowest BCUT2D eigenvalue weighted by atomic mass is 10.1. The zero-order valence-electron chi connectivity index (χ0n) is 8.87. The zero-order valence-corrected chi connectivity index (χ0v) is 9.69. The molecule has 1 aromatic rings. The van der Waals surface area contributed by atoms with Crippen LogP contribution in [0.4, 0.5) is 5.69 Å². The van der Waals surface area contributed by atoms with Gasteiger partial charge in [0.1, 0.15) is 0 Å². The van der Waals surface area contributed by atoms with Gasteiger partial charge >= 0.3 is 0 Å². The van der Waals surface area contributed by atoms with Crippen LogP contribution >= 0.6 is 12.2 Å². The molecule has 0 aliphatic heterocycles. The number of benzene rings is 1. The molecule has 76 valence electrons. The van der Waals surface area contributed by atoms with Gasteiger partial charge in [0.2, 0.25) is 0 Å². The molecule has 0 radical (unpaired) electrons. The van der Waals surface area contributed by atoms with Crippen molar-refractivity contribution in [3.05, 3.63) is 29.8 Å². The molecule has 0 saturated carbocycles. The van der Waals surface area contributed by atoms with Gasteiger partial charge in [0.25, 0.3) is 0 Å². The summed E-state index contributed by atoms with van der Waals surface area (Å²) in [7, 11) is 3.79. The third-order valence-electron chi connectivity index (χ3n) is 2.25. The summed E-state index contributed by atoms with van der Waals surface area (Å²) in [6, 6.07) is 8.43. The minimum Gasteiger partial charge on any atom is -0.365 e. The summed E-state index contributed by atoms with van der Waals surface area (Å²) < 4.78 is 0. The number of hydrogen-bond acceptors (Lipinski definition) is 1. The van der Waals surface area contributed by atoms with Crippen molar-refractivity contribution in [3.8, 4) is 0 Å². The zero-order chi connectivity index (χ0) is 10.6. The fourth-order valence-corrected chi connectivity index (χ4v) is 1.35. The summed E-state index contributed by atoms with van der Waals surface area (Å²) >= 11 is 5.14. The van der Waals surface area contributed by atoms with E-state index in [1.165, 1.54) is 5.56 Å². The van der Waals surface area contributed by atoms with Crippen LogP contribution in [0.5, 0.6) is 0 Å². The van der Waals surface area contributed by atoms with Gasteiger partial charge in [-0.2, -0.15) is 0 Å². The van der Waals surface area contributed by atoms with E-state index in [9.17, 15) is 0 Å². The van der Waals surface area contributed by atoms with Crippen molar-refractivity contribution >= 4 is 23.0 Å². The van der Waals surface area contributed by atoms with Crippen LogP contribution < -0.4 is 10.2 Å². The van der Waals surface area contributed by atoms with E-state index in [-0.39, 0.29) is 0 Å². The first-order valence-electron chi connectivity index (χ1n) is 4.73. The summed E-state index contributed by atoms with van der Waals surface area (Å²) in [6.45, 7) is 2.15. The lowest BCUT2D eigenvalue weighted by Gasteiger charge is -2.19. The van der Waals surface area contributed by atoms with Crippen molar-refractivity contribution in [2.24, 2.45) is 0 Å². The molecule has 0 atom stereocenters. The molecule has 1 aromatic carbocycles. The van der Waals surface area contributed by atoms with Crippen LogP contribution in [-0.2, 0) is 6.42 Å². The van der Waals surface area contributed by atoms with Gasteiger partial charge in [-0.1, -0.05) is 19.1 Å². The monoisotopic (exact) mass is 208 g/mol. The Morgan fingerprint density at radius 2 is 1.93 bits per heavy atom. The predicted octanol–water partition coefficient (Wildman–Crippen LogP) is 2.19. The first-order chi connectivity index (χ1) is 6.69. The second kappa shape index (κ2) is 4.96. The fourth-order valence-electron chi connectivity index (χ4n) is 1.24. The Labute approximate surface area is 90.9 Å². The molecule has 0 aliphatic rings. The highest BCUT2D eigenvalue weighted by Crippen LogP contribution is 2.14. The first-order valence-corrected chi connectivity index (χ1v) is 5.14. The van der Waals surface area contributed by atoms with Crippen molar-refractivity contribution in [1.82, 2.24) is 5.32 Å². The molecule has 1 N–H and O–H groups in total. The highest BCUT2D eigenvalue weighted by molar-refractivity contribution is 7.80. The van der Waals surface area contributed by atoms with E-state index in [1.54, 1.807) is 0 Å². The number of thiocarbonyl (C=S) groups is 1. The third-order valence-corrected chi connectivity index (χ3v) is 2.73. The van der Waals surface area contributed by atoms with Gasteiger partial charge in [-0.3, -0.25) is 0 Å². The quantitative estimate of drug-likeness (QED) is 0.750. The molecule has 0 fully saturated rings. The summed E-state index contributed by atoms with van der Waals surface area (Å²) in [4.78, 5) is 1.95. The maximum atomic E-state index is 5.14. The SMILES string of the molecule is CCc1ccc(N(C)C(=S)NC)cc1. The van der Waals surface area contributed by atoms with E-state index in [4.69, 9.17) is 12.2 Å². The Morgan fingerprint density at radius 1 is 1.36 bits per heavy atom. The van der Waals surface area contributed by atoms with E-state index in [0.717, 1.165) is 17.2 Å². The summed E-state index contributed by atoms with van der Waals surface area (Å²) in [6.07, 6.45) is 1.07. The number of nitrogens with one attached hydrogen (secondary N) is 1. The highest BCUT2D eigenvalue weighted by Gasteiger charge is 2.03. The molecule has 0 spiro atoms. The van der Waals surface area contributed by atoms with Gasteiger partial charge < -0.3 is 10.2 Å². The summed E-state index contributed by atoms with van der Waals surface area (Å²) in [5, 5.41) is 3.68. The van der Waals surface area contributed by atoms with Crippen molar-refractivity contribution in [3.63, 3.8) is 0 Å². The fraction of sp³-hybridized carbons (Fsp3) is 0.364. The Balaban J connectivity index is 2.81. The molecule has 14 heavy (non-hydrogen) atoms. The van der Waals surface area contributed by atoms with Crippen LogP contribution in [0, 0.1) is 0 Å². The topological polar surface area (TPSA) is 15.3 Å².